The van der Waals surface area contributed by atoms with Crippen LogP contribution in [0.15, 0.2) is 16.2 Å². The number of aromatic nitrogens is 2. The summed E-state index contributed by atoms with van der Waals surface area (Å²) in [5, 5.41) is 1.82. The maximum absolute atomic E-state index is 12.2. The Bertz CT molecular complexity index is 699. The Labute approximate surface area is 139 Å². The lowest BCUT2D eigenvalue weighted by atomic mass is 9.99. The first-order valence-electron chi connectivity index (χ1n) is 6.91. The highest BCUT2D eigenvalue weighted by Gasteiger charge is 2.23. The van der Waals surface area contributed by atoms with Gasteiger partial charge in [0.2, 0.25) is 5.91 Å². The molecule has 122 valence electrons. The van der Waals surface area contributed by atoms with Gasteiger partial charge in [-0.1, -0.05) is 20.3 Å². The van der Waals surface area contributed by atoms with Gasteiger partial charge in [0, 0.05) is 7.05 Å². The third kappa shape index (κ3) is 3.85. The number of hydrogen-bond acceptors (Lipinski definition) is 5. The van der Waals surface area contributed by atoms with E-state index in [1.165, 1.54) is 16.2 Å². The number of amides is 1. The normalized spacial score (nSPS) is 13.5. The number of halogens is 1. The number of aromatic amines is 1. The van der Waals surface area contributed by atoms with Crippen LogP contribution in [-0.2, 0) is 11.3 Å². The van der Waals surface area contributed by atoms with E-state index in [1.807, 2.05) is 19.2 Å². The van der Waals surface area contributed by atoms with Gasteiger partial charge in [0.15, 0.2) is 0 Å². The van der Waals surface area contributed by atoms with Gasteiger partial charge in [-0.15, -0.1) is 23.7 Å². The summed E-state index contributed by atoms with van der Waals surface area (Å²) in [6.45, 7) is 4.19. The van der Waals surface area contributed by atoms with E-state index < -0.39 is 6.04 Å². The van der Waals surface area contributed by atoms with Crippen molar-refractivity contribution in [3.05, 3.63) is 27.6 Å². The maximum Gasteiger partial charge on any atom is 0.268 e. The predicted octanol–water partition coefficient (Wildman–Crippen LogP) is 1.74. The van der Waals surface area contributed by atoms with E-state index in [2.05, 4.69) is 9.97 Å². The van der Waals surface area contributed by atoms with Crippen molar-refractivity contribution in [2.24, 2.45) is 11.7 Å². The topological polar surface area (TPSA) is 92.1 Å². The first kappa shape index (κ1) is 18.6. The van der Waals surface area contributed by atoms with Gasteiger partial charge in [-0.05, 0) is 17.4 Å². The second kappa shape index (κ2) is 7.71. The van der Waals surface area contributed by atoms with Crippen molar-refractivity contribution in [2.75, 3.05) is 7.05 Å². The molecule has 2 aromatic heterocycles. The van der Waals surface area contributed by atoms with Crippen molar-refractivity contribution < 1.29 is 4.79 Å². The SMILES string of the molecule is CCC(C)C(N)C(=O)N(C)Cc1nc2ccsc2c(=O)[nH]1.Cl. The van der Waals surface area contributed by atoms with E-state index in [0.717, 1.165) is 6.42 Å². The molecule has 0 aliphatic rings. The third-order valence-electron chi connectivity index (χ3n) is 3.67. The third-order valence-corrected chi connectivity index (χ3v) is 4.57. The number of carbonyl (C=O) groups excluding carboxylic acids is 1. The molecule has 0 fully saturated rings. The Morgan fingerprint density at radius 2 is 2.23 bits per heavy atom. The number of nitrogens with one attached hydrogen (secondary N) is 1. The zero-order chi connectivity index (χ0) is 15.6. The van der Waals surface area contributed by atoms with Crippen LogP contribution in [0.1, 0.15) is 26.1 Å². The molecule has 3 N–H and O–H groups in total. The lowest BCUT2D eigenvalue weighted by Gasteiger charge is -2.24. The Morgan fingerprint density at radius 1 is 1.55 bits per heavy atom. The molecule has 0 saturated carbocycles. The number of rotatable bonds is 5. The van der Waals surface area contributed by atoms with Crippen LogP contribution < -0.4 is 11.3 Å². The number of likely N-dealkylation sites (N-methyl/N-ethyl adjacent to an activating group) is 1. The van der Waals surface area contributed by atoms with Crippen LogP contribution in [-0.4, -0.2) is 33.9 Å². The quantitative estimate of drug-likeness (QED) is 0.864. The number of nitrogens with zero attached hydrogens (tertiary/aromatic N) is 2. The van der Waals surface area contributed by atoms with Crippen molar-refractivity contribution in [3.8, 4) is 0 Å². The zero-order valence-electron chi connectivity index (χ0n) is 12.8. The fraction of sp³-hybridized carbons (Fsp3) is 0.500. The van der Waals surface area contributed by atoms with E-state index in [-0.39, 0.29) is 36.3 Å². The predicted molar refractivity (Wildman–Crippen MR) is 91.4 cm³/mol. The molecule has 6 nitrogen and oxygen atoms in total. The van der Waals surface area contributed by atoms with Gasteiger partial charge in [-0.25, -0.2) is 4.98 Å². The molecular weight excluding hydrogens is 324 g/mol. The van der Waals surface area contributed by atoms with Crippen molar-refractivity contribution in [1.82, 2.24) is 14.9 Å². The number of nitrogens with two attached hydrogens (primary N) is 1. The number of carbonyl (C=O) groups is 1. The molecule has 0 bridgehead atoms. The highest BCUT2D eigenvalue weighted by molar-refractivity contribution is 7.17. The van der Waals surface area contributed by atoms with Gasteiger partial charge in [0.25, 0.3) is 5.56 Å². The standard InChI is InChI=1S/C14H20N4O2S.ClH/c1-4-8(2)11(15)14(20)18(3)7-10-16-9-5-6-21-12(9)13(19)17-10;/h5-6,8,11H,4,7,15H2,1-3H3,(H,16,17,19);1H. The van der Waals surface area contributed by atoms with E-state index in [4.69, 9.17) is 5.73 Å². The molecular formula is C14H21ClN4O2S. The first-order chi connectivity index (χ1) is 9.93. The van der Waals surface area contributed by atoms with Crippen molar-refractivity contribution in [3.63, 3.8) is 0 Å². The summed E-state index contributed by atoms with van der Waals surface area (Å²) in [6, 6.07) is 1.27. The molecule has 0 spiro atoms. The van der Waals surface area contributed by atoms with Gasteiger partial charge in [0.05, 0.1) is 18.1 Å². The molecule has 0 aliphatic heterocycles. The van der Waals surface area contributed by atoms with E-state index in [9.17, 15) is 9.59 Å². The minimum atomic E-state index is -0.531. The van der Waals surface area contributed by atoms with Gasteiger partial charge in [0.1, 0.15) is 10.5 Å². The summed E-state index contributed by atoms with van der Waals surface area (Å²) in [6.07, 6.45) is 0.844. The zero-order valence-corrected chi connectivity index (χ0v) is 14.5. The summed E-state index contributed by atoms with van der Waals surface area (Å²) in [7, 11) is 1.67. The molecule has 0 aromatic carbocycles. The van der Waals surface area contributed by atoms with Crippen molar-refractivity contribution in [2.45, 2.75) is 32.9 Å². The number of thiophene rings is 1. The van der Waals surface area contributed by atoms with Crippen molar-refractivity contribution >= 4 is 39.9 Å². The van der Waals surface area contributed by atoms with Crippen LogP contribution in [0, 0.1) is 5.92 Å². The summed E-state index contributed by atoms with van der Waals surface area (Å²) in [5.74, 6) is 0.446. The molecule has 0 saturated heterocycles. The first-order valence-corrected chi connectivity index (χ1v) is 7.79. The van der Waals surface area contributed by atoms with Gasteiger partial charge in [-0.3, -0.25) is 9.59 Å². The molecule has 0 radical (unpaired) electrons. The summed E-state index contributed by atoms with van der Waals surface area (Å²) in [4.78, 5) is 32.7. The summed E-state index contributed by atoms with van der Waals surface area (Å²) < 4.78 is 0.601. The van der Waals surface area contributed by atoms with E-state index >= 15 is 0 Å². The second-order valence-corrected chi connectivity index (χ2v) is 6.17. The Morgan fingerprint density at radius 3 is 2.86 bits per heavy atom. The number of H-pyrrole nitrogens is 1. The van der Waals surface area contributed by atoms with Gasteiger partial charge in [-0.2, -0.15) is 0 Å². The highest BCUT2D eigenvalue weighted by Crippen LogP contribution is 2.14. The lowest BCUT2D eigenvalue weighted by molar-refractivity contribution is -0.133. The Kier molecular flexibility index (Phi) is 6.52. The van der Waals surface area contributed by atoms with Crippen molar-refractivity contribution in [1.29, 1.82) is 0 Å². The molecule has 8 heteroatoms. The minimum absolute atomic E-state index is 0. The number of hydrogen-bond donors (Lipinski definition) is 2. The molecule has 22 heavy (non-hydrogen) atoms. The fourth-order valence-electron chi connectivity index (χ4n) is 2.05. The van der Waals surface area contributed by atoms with E-state index in [0.29, 0.717) is 16.0 Å². The van der Waals surface area contributed by atoms with Crippen LogP contribution in [0.4, 0.5) is 0 Å². The number of fused-ring (bicyclic) bond motifs is 1. The minimum Gasteiger partial charge on any atom is -0.337 e. The second-order valence-electron chi connectivity index (χ2n) is 5.25. The molecule has 2 rings (SSSR count). The molecule has 2 atom stereocenters. The fourth-order valence-corrected chi connectivity index (χ4v) is 2.78. The van der Waals surface area contributed by atoms with Crippen LogP contribution in [0.3, 0.4) is 0 Å². The lowest BCUT2D eigenvalue weighted by Crippen LogP contribution is -2.45. The van der Waals surface area contributed by atoms with Crippen LogP contribution in [0.25, 0.3) is 10.2 Å². The molecule has 2 heterocycles. The molecule has 0 aliphatic carbocycles. The Hall–Kier alpha value is -1.44. The summed E-state index contributed by atoms with van der Waals surface area (Å²) in [5.41, 5.74) is 6.44. The molecule has 2 aromatic rings. The van der Waals surface area contributed by atoms with Crippen LogP contribution >= 0.6 is 23.7 Å². The average Bonchev–Trinajstić information content (AvgIpc) is 2.93. The highest BCUT2D eigenvalue weighted by atomic mass is 35.5. The average molecular weight is 345 g/mol. The maximum atomic E-state index is 12.2. The van der Waals surface area contributed by atoms with Gasteiger partial charge < -0.3 is 15.6 Å². The van der Waals surface area contributed by atoms with E-state index in [1.54, 1.807) is 13.1 Å². The monoisotopic (exact) mass is 344 g/mol. The largest absolute Gasteiger partial charge is 0.337 e. The van der Waals surface area contributed by atoms with Crippen LogP contribution in [0.2, 0.25) is 0 Å². The Balaban J connectivity index is 0.00000242. The van der Waals surface area contributed by atoms with Crippen LogP contribution in [0.5, 0.6) is 0 Å². The van der Waals surface area contributed by atoms with Gasteiger partial charge >= 0.3 is 0 Å². The molecule has 1 amide bonds. The molecule has 2 unspecified atom stereocenters. The smallest absolute Gasteiger partial charge is 0.268 e. The summed E-state index contributed by atoms with van der Waals surface area (Å²) >= 11 is 1.35.